The number of rotatable bonds is 14. The number of hydrogen-bond acceptors (Lipinski definition) is 5. The monoisotopic (exact) mass is 566 g/mol. The van der Waals surface area contributed by atoms with Crippen molar-refractivity contribution in [2.24, 2.45) is 0 Å². The van der Waals surface area contributed by atoms with Crippen LogP contribution in [0.5, 0.6) is 11.5 Å². The quantitative estimate of drug-likeness (QED) is 0.204. The van der Waals surface area contributed by atoms with Gasteiger partial charge in [0.25, 0.3) is 0 Å². The van der Waals surface area contributed by atoms with Gasteiger partial charge in [-0.05, 0) is 34.4 Å². The molecule has 0 heterocycles. The first-order chi connectivity index (χ1) is 20.4. The van der Waals surface area contributed by atoms with E-state index in [1.807, 2.05) is 91.0 Å². The molecule has 42 heavy (non-hydrogen) atoms. The van der Waals surface area contributed by atoms with Crippen molar-refractivity contribution in [3.05, 3.63) is 131 Å². The SMILES string of the molecule is CC(=O)N[C@H](Cc1ccccc1)C(=O)N[C@@H](Cc1ccc(OCc2ccccc2)c(OCc2ccccc2)c1)C(=O)O. The maximum Gasteiger partial charge on any atom is 0.326 e. The average Bonchev–Trinajstić information content (AvgIpc) is 3.00. The van der Waals surface area contributed by atoms with Gasteiger partial charge in [0.05, 0.1) is 0 Å². The molecule has 8 heteroatoms. The number of benzene rings is 4. The predicted octanol–water partition coefficient (Wildman–Crippen LogP) is 4.70. The van der Waals surface area contributed by atoms with Crippen molar-refractivity contribution >= 4 is 17.8 Å². The number of hydrogen-bond donors (Lipinski definition) is 3. The van der Waals surface area contributed by atoms with Crippen molar-refractivity contribution in [2.45, 2.75) is 45.1 Å². The number of carbonyl (C=O) groups is 3. The van der Waals surface area contributed by atoms with Gasteiger partial charge in [0.2, 0.25) is 11.8 Å². The first-order valence-electron chi connectivity index (χ1n) is 13.7. The van der Waals surface area contributed by atoms with E-state index >= 15 is 0 Å². The Morgan fingerprint density at radius 3 is 1.64 bits per heavy atom. The van der Waals surface area contributed by atoms with Gasteiger partial charge in [-0.15, -0.1) is 0 Å². The zero-order valence-electron chi connectivity index (χ0n) is 23.4. The van der Waals surface area contributed by atoms with Crippen molar-refractivity contribution in [1.82, 2.24) is 10.6 Å². The van der Waals surface area contributed by atoms with Gasteiger partial charge >= 0.3 is 5.97 Å². The summed E-state index contributed by atoms with van der Waals surface area (Å²) in [5, 5.41) is 15.2. The van der Waals surface area contributed by atoms with E-state index < -0.39 is 24.0 Å². The van der Waals surface area contributed by atoms with Gasteiger partial charge in [-0.3, -0.25) is 9.59 Å². The minimum atomic E-state index is -1.23. The highest BCUT2D eigenvalue weighted by atomic mass is 16.5. The molecule has 216 valence electrons. The third-order valence-corrected chi connectivity index (χ3v) is 6.51. The number of carbonyl (C=O) groups excluding carboxylic acids is 2. The van der Waals surface area contributed by atoms with Crippen LogP contribution in [0.1, 0.15) is 29.2 Å². The maximum absolute atomic E-state index is 13.2. The molecule has 0 aliphatic carbocycles. The number of amides is 2. The lowest BCUT2D eigenvalue weighted by molar-refractivity contribution is -0.142. The van der Waals surface area contributed by atoms with Crippen LogP contribution in [0, 0.1) is 0 Å². The van der Waals surface area contributed by atoms with E-state index in [4.69, 9.17) is 9.47 Å². The molecular formula is C34H34N2O6. The van der Waals surface area contributed by atoms with Crippen molar-refractivity contribution < 1.29 is 29.0 Å². The number of ether oxygens (including phenoxy) is 2. The zero-order valence-corrected chi connectivity index (χ0v) is 23.4. The van der Waals surface area contributed by atoms with Crippen LogP contribution in [0.4, 0.5) is 0 Å². The summed E-state index contributed by atoms with van der Waals surface area (Å²) in [6.07, 6.45) is 0.226. The minimum Gasteiger partial charge on any atom is -0.485 e. The molecule has 0 aliphatic rings. The zero-order chi connectivity index (χ0) is 29.7. The Kier molecular flexibility index (Phi) is 10.7. The Morgan fingerprint density at radius 1 is 0.619 bits per heavy atom. The lowest BCUT2D eigenvalue weighted by atomic mass is 10.0. The van der Waals surface area contributed by atoms with Gasteiger partial charge in [-0.1, -0.05) is 97.1 Å². The lowest BCUT2D eigenvalue weighted by Gasteiger charge is -2.22. The van der Waals surface area contributed by atoms with Gasteiger partial charge in [-0.25, -0.2) is 4.79 Å². The maximum atomic E-state index is 13.2. The normalized spacial score (nSPS) is 12.0. The average molecular weight is 567 g/mol. The molecule has 0 aliphatic heterocycles. The van der Waals surface area contributed by atoms with Gasteiger partial charge < -0.3 is 25.2 Å². The molecule has 0 saturated carbocycles. The van der Waals surface area contributed by atoms with E-state index in [-0.39, 0.29) is 18.7 Å². The molecule has 0 spiro atoms. The van der Waals surface area contributed by atoms with Gasteiger partial charge in [0.1, 0.15) is 25.3 Å². The molecular weight excluding hydrogens is 532 g/mol. The summed E-state index contributed by atoms with van der Waals surface area (Å²) >= 11 is 0. The van der Waals surface area contributed by atoms with E-state index in [0.717, 1.165) is 16.7 Å². The fourth-order valence-electron chi connectivity index (χ4n) is 4.39. The van der Waals surface area contributed by atoms with E-state index in [1.54, 1.807) is 18.2 Å². The molecule has 3 N–H and O–H groups in total. The first kappa shape index (κ1) is 29.9. The smallest absolute Gasteiger partial charge is 0.326 e. The molecule has 4 aromatic rings. The molecule has 4 aromatic carbocycles. The second kappa shape index (κ2) is 15.0. The summed E-state index contributed by atoms with van der Waals surface area (Å²) in [6, 6.07) is 31.7. The van der Waals surface area contributed by atoms with Crippen LogP contribution >= 0.6 is 0 Å². The van der Waals surface area contributed by atoms with Gasteiger partial charge in [0.15, 0.2) is 11.5 Å². The highest BCUT2D eigenvalue weighted by Gasteiger charge is 2.27. The van der Waals surface area contributed by atoms with Crippen molar-refractivity contribution in [2.75, 3.05) is 0 Å². The third kappa shape index (κ3) is 9.23. The molecule has 0 bridgehead atoms. The minimum absolute atomic E-state index is 0.000135. The standard InChI is InChI=1S/C34H34N2O6/c1-24(37)35-29(19-25-11-5-2-6-12-25)33(38)36-30(34(39)40)20-28-17-18-31(41-22-26-13-7-3-8-14-26)32(21-28)42-23-27-15-9-4-10-16-27/h2-18,21,29-30H,19-20,22-23H2,1H3,(H,35,37)(H,36,38)(H,39,40)/t29-,30+/m1/s1. The Morgan fingerprint density at radius 2 is 1.12 bits per heavy atom. The molecule has 8 nitrogen and oxygen atoms in total. The summed E-state index contributed by atoms with van der Waals surface area (Å²) in [5.41, 5.74) is 3.44. The molecule has 0 aromatic heterocycles. The molecule has 2 atom stereocenters. The number of aliphatic carboxylic acids is 1. The van der Waals surface area contributed by atoms with Crippen LogP contribution in [0.2, 0.25) is 0 Å². The Hall–Kier alpha value is -5.11. The van der Waals surface area contributed by atoms with Gasteiger partial charge in [0, 0.05) is 19.8 Å². The fraction of sp³-hybridized carbons (Fsp3) is 0.206. The van der Waals surface area contributed by atoms with E-state index in [9.17, 15) is 19.5 Å². The summed E-state index contributed by atoms with van der Waals surface area (Å²) < 4.78 is 12.2. The number of carboxylic acid groups (broad SMARTS) is 1. The van der Waals surface area contributed by atoms with Crippen molar-refractivity contribution in [3.63, 3.8) is 0 Å². The fourth-order valence-corrected chi connectivity index (χ4v) is 4.39. The Balaban J connectivity index is 1.50. The Bertz CT molecular complexity index is 1460. The summed E-state index contributed by atoms with van der Waals surface area (Å²) in [7, 11) is 0. The lowest BCUT2D eigenvalue weighted by Crippen LogP contribution is -2.52. The second-order valence-corrected chi connectivity index (χ2v) is 9.88. The first-order valence-corrected chi connectivity index (χ1v) is 13.7. The third-order valence-electron chi connectivity index (χ3n) is 6.51. The number of nitrogens with one attached hydrogen (secondary N) is 2. The summed E-state index contributed by atoms with van der Waals surface area (Å²) in [5.74, 6) is -1.18. The Labute approximate surface area is 245 Å². The van der Waals surface area contributed by atoms with Crippen molar-refractivity contribution in [1.29, 1.82) is 0 Å². The largest absolute Gasteiger partial charge is 0.485 e. The van der Waals surface area contributed by atoms with E-state index in [1.165, 1.54) is 6.92 Å². The molecule has 2 amide bonds. The molecule has 0 unspecified atom stereocenters. The van der Waals surface area contributed by atoms with Crippen LogP contribution in [-0.4, -0.2) is 35.0 Å². The van der Waals surface area contributed by atoms with Crippen LogP contribution < -0.4 is 20.1 Å². The second-order valence-electron chi connectivity index (χ2n) is 9.88. The van der Waals surface area contributed by atoms with Crippen LogP contribution in [0.15, 0.2) is 109 Å². The van der Waals surface area contributed by atoms with E-state index in [0.29, 0.717) is 30.3 Å². The van der Waals surface area contributed by atoms with Crippen LogP contribution in [-0.2, 0) is 40.4 Å². The summed E-state index contributed by atoms with van der Waals surface area (Å²) in [6.45, 7) is 1.95. The van der Waals surface area contributed by atoms with Crippen LogP contribution in [0.3, 0.4) is 0 Å². The number of carboxylic acids is 1. The highest BCUT2D eigenvalue weighted by molar-refractivity contribution is 5.90. The molecule has 0 saturated heterocycles. The van der Waals surface area contributed by atoms with Crippen LogP contribution in [0.25, 0.3) is 0 Å². The summed E-state index contributed by atoms with van der Waals surface area (Å²) in [4.78, 5) is 37.2. The van der Waals surface area contributed by atoms with E-state index in [2.05, 4.69) is 10.6 Å². The highest BCUT2D eigenvalue weighted by Crippen LogP contribution is 2.30. The van der Waals surface area contributed by atoms with Gasteiger partial charge in [-0.2, -0.15) is 0 Å². The molecule has 0 fully saturated rings. The molecule has 0 radical (unpaired) electrons. The van der Waals surface area contributed by atoms with Crippen molar-refractivity contribution in [3.8, 4) is 11.5 Å². The molecule has 4 rings (SSSR count). The topological polar surface area (TPSA) is 114 Å². The predicted molar refractivity (Wildman–Crippen MR) is 159 cm³/mol.